The lowest BCUT2D eigenvalue weighted by molar-refractivity contribution is -0.206. The number of nitrogens with two attached hydrogens (primary N) is 1. The molecular formula is C26H37N3O7. The van der Waals surface area contributed by atoms with Crippen molar-refractivity contribution >= 4 is 23.4 Å². The molecule has 0 unspecified atom stereocenters. The maximum atomic E-state index is 12.6. The van der Waals surface area contributed by atoms with E-state index in [0.717, 1.165) is 37.8 Å². The van der Waals surface area contributed by atoms with Gasteiger partial charge >= 0.3 is 11.9 Å². The summed E-state index contributed by atoms with van der Waals surface area (Å²) in [4.78, 5) is 37.0. The molecule has 7 atom stereocenters. The highest BCUT2D eigenvalue weighted by molar-refractivity contribution is 5.89. The van der Waals surface area contributed by atoms with Gasteiger partial charge in [0.1, 0.15) is 12.4 Å². The van der Waals surface area contributed by atoms with Gasteiger partial charge in [-0.15, -0.1) is 0 Å². The number of rotatable bonds is 5. The average molecular weight is 504 g/mol. The Balaban J connectivity index is 0.000000392. The van der Waals surface area contributed by atoms with Crippen LogP contribution in [-0.2, 0) is 19.2 Å². The number of nitriles is 1. The normalized spacial score (nSPS) is 40.3. The van der Waals surface area contributed by atoms with Crippen LogP contribution >= 0.6 is 0 Å². The highest BCUT2D eigenvalue weighted by atomic mass is 16.6. The largest absolute Gasteiger partial charge is 0.478 e. The van der Waals surface area contributed by atoms with Gasteiger partial charge in [-0.1, -0.05) is 19.0 Å². The van der Waals surface area contributed by atoms with E-state index in [1.165, 1.54) is 0 Å². The fourth-order valence-electron chi connectivity index (χ4n) is 7.46. The quantitative estimate of drug-likeness (QED) is 0.249. The molecule has 4 rings (SSSR count). The molecule has 10 nitrogen and oxygen atoms in total. The van der Waals surface area contributed by atoms with Crippen molar-refractivity contribution in [2.75, 3.05) is 13.2 Å². The highest BCUT2D eigenvalue weighted by Gasteiger charge is 2.67. The van der Waals surface area contributed by atoms with E-state index in [1.54, 1.807) is 0 Å². The van der Waals surface area contributed by atoms with Crippen LogP contribution in [0.1, 0.15) is 65.2 Å². The number of hydrogen-bond acceptors (Lipinski definition) is 8. The van der Waals surface area contributed by atoms with Crippen LogP contribution in [0, 0.1) is 45.8 Å². The third-order valence-corrected chi connectivity index (χ3v) is 9.37. The molecule has 4 saturated carbocycles. The van der Waals surface area contributed by atoms with Gasteiger partial charge in [0.25, 0.3) is 0 Å². The predicted molar refractivity (Wildman–Crippen MR) is 130 cm³/mol. The second-order valence-corrected chi connectivity index (χ2v) is 11.0. The Morgan fingerprint density at radius 1 is 1.17 bits per heavy atom. The zero-order valence-corrected chi connectivity index (χ0v) is 21.0. The third kappa shape index (κ3) is 4.91. The second kappa shape index (κ2) is 10.7. The van der Waals surface area contributed by atoms with Crippen molar-refractivity contribution in [3.63, 3.8) is 0 Å². The highest BCUT2D eigenvalue weighted by Crippen LogP contribution is 2.67. The Morgan fingerprint density at radius 3 is 2.42 bits per heavy atom. The van der Waals surface area contributed by atoms with Crippen molar-refractivity contribution in [1.82, 2.24) is 0 Å². The average Bonchev–Trinajstić information content (AvgIpc) is 3.13. The van der Waals surface area contributed by atoms with Crippen molar-refractivity contribution < 1.29 is 34.5 Å². The number of Topliss-reactive ketones (excluding diaryl/α,β-unsaturated/α-hetero) is 1. The number of aliphatic hydroxyl groups is 1. The molecule has 0 bridgehead atoms. The van der Waals surface area contributed by atoms with Gasteiger partial charge in [-0.2, -0.15) is 5.26 Å². The molecule has 4 aliphatic carbocycles. The van der Waals surface area contributed by atoms with Crippen LogP contribution in [-0.4, -0.2) is 57.5 Å². The molecule has 0 amide bonds. The smallest absolute Gasteiger partial charge is 0.328 e. The fourth-order valence-corrected chi connectivity index (χ4v) is 7.46. The molecule has 4 aliphatic rings. The first kappa shape index (κ1) is 27.8. The molecule has 0 aromatic carbocycles. The maximum absolute atomic E-state index is 12.6. The Bertz CT molecular complexity index is 973. The summed E-state index contributed by atoms with van der Waals surface area (Å²) >= 11 is 0. The molecule has 0 aromatic rings. The SMILES string of the molecule is C[C@]12CC[C@H]3[C@@H](C[C@@H](C#N)[C@@]4(O)CC(=NOCCN)CC[C@]34C)[C@@H]1CCC2=O.O=C(O)/C=C/C(=O)O. The number of ketones is 1. The van der Waals surface area contributed by atoms with Crippen molar-refractivity contribution in [2.24, 2.45) is 45.4 Å². The van der Waals surface area contributed by atoms with Crippen molar-refractivity contribution in [3.05, 3.63) is 12.2 Å². The van der Waals surface area contributed by atoms with E-state index in [1.807, 2.05) is 0 Å². The van der Waals surface area contributed by atoms with E-state index in [0.29, 0.717) is 68.1 Å². The molecule has 36 heavy (non-hydrogen) atoms. The Hall–Kier alpha value is -2.77. The van der Waals surface area contributed by atoms with Crippen LogP contribution in [0.15, 0.2) is 17.3 Å². The number of aliphatic carboxylic acids is 2. The van der Waals surface area contributed by atoms with E-state index in [2.05, 4.69) is 25.1 Å². The van der Waals surface area contributed by atoms with Crippen LogP contribution in [0.25, 0.3) is 0 Å². The molecule has 0 saturated heterocycles. The summed E-state index contributed by atoms with van der Waals surface area (Å²) in [6.07, 6.45) is 7.31. The lowest BCUT2D eigenvalue weighted by Crippen LogP contribution is -2.66. The number of carbonyl (C=O) groups is 3. The van der Waals surface area contributed by atoms with Crippen molar-refractivity contribution in [2.45, 2.75) is 70.8 Å². The molecule has 0 spiro atoms. The fraction of sp³-hybridized carbons (Fsp3) is 0.731. The number of fused-ring (bicyclic) bond motifs is 5. The van der Waals surface area contributed by atoms with Crippen molar-refractivity contribution in [3.8, 4) is 6.07 Å². The molecule has 198 valence electrons. The van der Waals surface area contributed by atoms with Gasteiger partial charge in [0, 0.05) is 42.4 Å². The number of carboxylic acids is 2. The Morgan fingerprint density at radius 2 is 1.83 bits per heavy atom. The summed E-state index contributed by atoms with van der Waals surface area (Å²) in [5.41, 5.74) is 4.68. The maximum Gasteiger partial charge on any atom is 0.328 e. The van der Waals surface area contributed by atoms with E-state index in [9.17, 15) is 24.8 Å². The third-order valence-electron chi connectivity index (χ3n) is 9.37. The summed E-state index contributed by atoms with van der Waals surface area (Å²) in [7, 11) is 0. The number of carboxylic acid groups (broad SMARTS) is 2. The second-order valence-electron chi connectivity index (χ2n) is 11.0. The van der Waals surface area contributed by atoms with Gasteiger partial charge in [0.05, 0.1) is 23.3 Å². The van der Waals surface area contributed by atoms with Gasteiger partial charge in [-0.25, -0.2) is 9.59 Å². The minimum Gasteiger partial charge on any atom is -0.478 e. The lowest BCUT2D eigenvalue weighted by atomic mass is 9.41. The van der Waals surface area contributed by atoms with Gasteiger partial charge < -0.3 is 25.9 Å². The number of nitrogens with zero attached hydrogens (tertiary/aromatic N) is 2. The molecule has 0 heterocycles. The summed E-state index contributed by atoms with van der Waals surface area (Å²) in [6.45, 7) is 5.10. The monoisotopic (exact) mass is 503 g/mol. The predicted octanol–water partition coefficient (Wildman–Crippen LogP) is 2.51. The van der Waals surface area contributed by atoms with Gasteiger partial charge in [-0.3, -0.25) is 4.79 Å². The van der Waals surface area contributed by atoms with Gasteiger partial charge in [0.15, 0.2) is 0 Å². The van der Waals surface area contributed by atoms with E-state index < -0.39 is 23.5 Å². The van der Waals surface area contributed by atoms with Crippen LogP contribution < -0.4 is 5.73 Å². The molecule has 0 aliphatic heterocycles. The van der Waals surface area contributed by atoms with E-state index in [4.69, 9.17) is 20.8 Å². The first-order chi connectivity index (χ1) is 16.9. The summed E-state index contributed by atoms with van der Waals surface area (Å²) in [6, 6.07) is 2.44. The zero-order chi connectivity index (χ0) is 26.7. The first-order valence-electron chi connectivity index (χ1n) is 12.6. The minimum atomic E-state index is -1.26. The van der Waals surface area contributed by atoms with Crippen molar-refractivity contribution in [1.29, 1.82) is 5.26 Å². The lowest BCUT2D eigenvalue weighted by Gasteiger charge is -2.64. The molecular weight excluding hydrogens is 466 g/mol. The van der Waals surface area contributed by atoms with E-state index >= 15 is 0 Å². The van der Waals surface area contributed by atoms with Crippen LogP contribution in [0.3, 0.4) is 0 Å². The van der Waals surface area contributed by atoms with Gasteiger partial charge in [0.2, 0.25) is 0 Å². The molecule has 4 fully saturated rings. The number of carbonyl (C=O) groups excluding carboxylic acids is 1. The zero-order valence-electron chi connectivity index (χ0n) is 21.0. The Labute approximate surface area is 211 Å². The summed E-state index contributed by atoms with van der Waals surface area (Å²) in [5.74, 6) is -1.47. The van der Waals surface area contributed by atoms with Gasteiger partial charge in [-0.05, 0) is 56.3 Å². The molecule has 0 radical (unpaired) electrons. The number of oxime groups is 1. The minimum absolute atomic E-state index is 0.218. The summed E-state index contributed by atoms with van der Waals surface area (Å²) < 4.78 is 0. The Kier molecular flexibility index (Phi) is 8.26. The number of hydrogen-bond donors (Lipinski definition) is 4. The topological polar surface area (TPSA) is 183 Å². The molecule has 10 heteroatoms. The summed E-state index contributed by atoms with van der Waals surface area (Å²) in [5, 5.41) is 41.7. The van der Waals surface area contributed by atoms with Crippen LogP contribution in [0.2, 0.25) is 0 Å². The standard InChI is InChI=1S/C22H33N3O3.C4H4O4/c1-20-7-6-18-16(17(20)3-4-19(20)26)11-14(13-24)22(27)12-15(25-28-10-9-23)5-8-21(18,22)2;5-3(6)1-2-4(7)8/h14,16-18,27H,3-12,23H2,1-2H3;1-2H,(H,5,6)(H,7,8)/b;2-1+/t14-,16-,17-,18-,20-,21+,22-;/m0./s1. The van der Waals surface area contributed by atoms with Crippen LogP contribution in [0.4, 0.5) is 0 Å². The van der Waals surface area contributed by atoms with E-state index in [-0.39, 0.29) is 10.8 Å². The first-order valence-corrected chi connectivity index (χ1v) is 12.6. The van der Waals surface area contributed by atoms with Crippen LogP contribution in [0.5, 0.6) is 0 Å². The molecule has 0 aromatic heterocycles. The molecule has 5 N–H and O–H groups in total.